The van der Waals surface area contributed by atoms with Gasteiger partial charge in [-0.2, -0.15) is 0 Å². The van der Waals surface area contributed by atoms with E-state index in [0.29, 0.717) is 5.92 Å². The van der Waals surface area contributed by atoms with Gasteiger partial charge in [0.25, 0.3) is 0 Å². The summed E-state index contributed by atoms with van der Waals surface area (Å²) in [6, 6.07) is 106. The van der Waals surface area contributed by atoms with Crippen molar-refractivity contribution in [1.29, 1.82) is 0 Å². The Balaban J connectivity index is 1.39. The van der Waals surface area contributed by atoms with Crippen LogP contribution in [0.4, 0.5) is 0 Å². The van der Waals surface area contributed by atoms with Gasteiger partial charge in [-0.3, -0.25) is 0 Å². The Labute approximate surface area is 375 Å². The van der Waals surface area contributed by atoms with E-state index in [2.05, 4.69) is 273 Å². The third kappa shape index (κ3) is 8.48. The molecule has 0 fully saturated rings. The van der Waals surface area contributed by atoms with Crippen molar-refractivity contribution in [3.05, 3.63) is 273 Å². The van der Waals surface area contributed by atoms with Crippen molar-refractivity contribution in [1.82, 2.24) is 0 Å². The third-order valence-electron chi connectivity index (χ3n) is 13.2. The summed E-state index contributed by atoms with van der Waals surface area (Å²) in [5.74, 6) is 0.393. The van der Waals surface area contributed by atoms with Gasteiger partial charge in [-0.1, -0.05) is 0 Å². The summed E-state index contributed by atoms with van der Waals surface area (Å²) in [4.78, 5) is 0. The SMILES string of the molecule is c1cc[c]([Sn]([CH2]C([CH2][Sn]([c]2ccccc2)([c]2ccccc2)[c]2ccccc2)[CH2][Sn]([c]2ccccc2)([c]2ccccc2)[c]2ccccc2)([c]2ccccc2)[c]2ccccc2)cc1. The van der Waals surface area contributed by atoms with Crippen LogP contribution in [0.5, 0.6) is 0 Å². The number of hydrogen-bond donors (Lipinski definition) is 0. The molecule has 61 heavy (non-hydrogen) atoms. The molecule has 9 aromatic carbocycles. The average molecular weight is 1110 g/mol. The number of rotatable bonds is 15. The van der Waals surface area contributed by atoms with Crippen LogP contribution in [-0.4, -0.2) is 55.1 Å². The normalized spacial score (nSPS) is 12.0. The Hall–Kier alpha value is -4.62. The molecule has 0 unspecified atom stereocenters. The van der Waals surface area contributed by atoms with Crippen molar-refractivity contribution in [2.24, 2.45) is 5.92 Å². The molecule has 0 N–H and O–H groups in total. The third-order valence-corrected chi connectivity index (χ3v) is 57.2. The fraction of sp³-hybridized carbons (Fsp3) is 0.0690. The maximum absolute atomic E-state index is 3.91. The van der Waals surface area contributed by atoms with Crippen molar-refractivity contribution < 1.29 is 0 Å². The van der Waals surface area contributed by atoms with Crippen LogP contribution >= 0.6 is 0 Å². The zero-order valence-corrected chi connectivity index (χ0v) is 43.2. The Morgan fingerprint density at radius 3 is 0.410 bits per heavy atom. The quantitative estimate of drug-likeness (QED) is 0.0912. The molecule has 0 nitrogen and oxygen atoms in total. The Morgan fingerprint density at radius 2 is 0.295 bits per heavy atom. The van der Waals surface area contributed by atoms with Crippen molar-refractivity contribution >= 4 is 87.3 Å². The average Bonchev–Trinajstić information content (AvgIpc) is 3.36. The van der Waals surface area contributed by atoms with E-state index in [1.807, 2.05) is 0 Å². The molecular formula is C58H52Sn3. The number of benzene rings is 9. The molecule has 0 atom stereocenters. The van der Waals surface area contributed by atoms with Crippen LogP contribution in [0.2, 0.25) is 13.3 Å². The van der Waals surface area contributed by atoms with Gasteiger partial charge >= 0.3 is 380 Å². The van der Waals surface area contributed by atoms with Crippen LogP contribution in [-0.2, 0) is 0 Å². The summed E-state index contributed by atoms with van der Waals surface area (Å²) >= 11 is -11.7. The molecule has 0 bridgehead atoms. The summed E-state index contributed by atoms with van der Waals surface area (Å²) in [6.45, 7) is 0. The van der Waals surface area contributed by atoms with E-state index in [9.17, 15) is 0 Å². The molecule has 0 radical (unpaired) electrons. The minimum atomic E-state index is -3.91. The van der Waals surface area contributed by atoms with Gasteiger partial charge in [0.05, 0.1) is 0 Å². The van der Waals surface area contributed by atoms with Crippen LogP contribution < -0.4 is 32.2 Å². The molecule has 0 amide bonds. The van der Waals surface area contributed by atoms with Crippen LogP contribution in [0.3, 0.4) is 0 Å². The zero-order valence-electron chi connectivity index (χ0n) is 34.7. The van der Waals surface area contributed by atoms with Gasteiger partial charge in [0, 0.05) is 0 Å². The molecule has 0 aromatic heterocycles. The summed E-state index contributed by atoms with van der Waals surface area (Å²) in [5, 5.41) is 0. The molecule has 0 heterocycles. The first-order valence-corrected chi connectivity index (χ1v) is 40.6. The summed E-state index contributed by atoms with van der Waals surface area (Å²) in [5.41, 5.74) is 0. The van der Waals surface area contributed by atoms with Crippen LogP contribution in [0, 0.1) is 5.92 Å². The second kappa shape index (κ2) is 19.6. The molecule has 9 rings (SSSR count). The fourth-order valence-electron chi connectivity index (χ4n) is 10.6. The van der Waals surface area contributed by atoms with Gasteiger partial charge < -0.3 is 0 Å². The molecular weight excluding hydrogens is 1050 g/mol. The molecule has 0 saturated heterocycles. The van der Waals surface area contributed by atoms with Gasteiger partial charge in [-0.15, -0.1) is 0 Å². The summed E-state index contributed by atoms with van der Waals surface area (Å²) in [7, 11) is 0. The topological polar surface area (TPSA) is 0 Å². The van der Waals surface area contributed by atoms with E-state index < -0.39 is 55.1 Å². The molecule has 3 heteroatoms. The Kier molecular flexibility index (Phi) is 13.4. The van der Waals surface area contributed by atoms with E-state index >= 15 is 0 Å². The molecule has 0 aliphatic rings. The van der Waals surface area contributed by atoms with E-state index in [-0.39, 0.29) is 0 Å². The zero-order chi connectivity index (χ0) is 41.2. The number of hydrogen-bond acceptors (Lipinski definition) is 0. The van der Waals surface area contributed by atoms with Crippen molar-refractivity contribution in [2.75, 3.05) is 0 Å². The first-order chi connectivity index (χ1) is 30.2. The van der Waals surface area contributed by atoms with Gasteiger partial charge in [-0.05, 0) is 0 Å². The molecule has 0 aliphatic heterocycles. The second-order valence-electron chi connectivity index (χ2n) is 16.5. The Bertz CT molecular complexity index is 2080. The van der Waals surface area contributed by atoms with Crippen molar-refractivity contribution in [3.63, 3.8) is 0 Å². The first kappa shape index (κ1) is 41.7. The predicted molar refractivity (Wildman–Crippen MR) is 270 cm³/mol. The molecule has 296 valence electrons. The van der Waals surface area contributed by atoms with Gasteiger partial charge in [-0.25, -0.2) is 0 Å². The minimum absolute atomic E-state index is 0.393. The van der Waals surface area contributed by atoms with E-state index in [1.54, 1.807) is 32.2 Å². The summed E-state index contributed by atoms with van der Waals surface area (Å²) in [6.07, 6.45) is 0. The van der Waals surface area contributed by atoms with E-state index in [4.69, 9.17) is 0 Å². The van der Waals surface area contributed by atoms with Gasteiger partial charge in [0.2, 0.25) is 0 Å². The van der Waals surface area contributed by atoms with E-state index in [1.165, 1.54) is 13.3 Å². The molecule has 0 spiro atoms. The molecule has 0 saturated carbocycles. The van der Waals surface area contributed by atoms with Crippen LogP contribution in [0.1, 0.15) is 0 Å². The monoisotopic (exact) mass is 1110 g/mol. The Morgan fingerprint density at radius 1 is 0.180 bits per heavy atom. The van der Waals surface area contributed by atoms with Gasteiger partial charge in [0.15, 0.2) is 0 Å². The summed E-state index contributed by atoms with van der Waals surface area (Å²) < 4.78 is 17.5. The van der Waals surface area contributed by atoms with Crippen LogP contribution in [0.15, 0.2) is 273 Å². The standard InChI is InChI=1S/9C6H5.C4H7.3Sn/c9*1-2-4-6-5-3-1;1-4(2)3;;;/h9*1-5H;4H,1-3H2;;;. The predicted octanol–water partition coefficient (Wildman–Crippen LogP) is 8.11. The van der Waals surface area contributed by atoms with Crippen LogP contribution in [0.25, 0.3) is 0 Å². The molecule has 0 aliphatic carbocycles. The molecule has 9 aromatic rings. The fourth-order valence-corrected chi connectivity index (χ4v) is 61.7. The second-order valence-corrected chi connectivity index (χ2v) is 50.3. The van der Waals surface area contributed by atoms with Gasteiger partial charge in [0.1, 0.15) is 0 Å². The van der Waals surface area contributed by atoms with Crippen molar-refractivity contribution in [2.45, 2.75) is 13.3 Å². The first-order valence-electron chi connectivity index (χ1n) is 21.7. The van der Waals surface area contributed by atoms with E-state index in [0.717, 1.165) is 0 Å². The van der Waals surface area contributed by atoms with Crippen molar-refractivity contribution in [3.8, 4) is 0 Å². The maximum atomic E-state index is 2.48.